The Kier molecular flexibility index (Phi) is 7.87. The van der Waals surface area contributed by atoms with Gasteiger partial charge < -0.3 is 10.6 Å². The monoisotopic (exact) mass is 441 g/mol. The second-order valence-electron chi connectivity index (χ2n) is 6.87. The molecule has 1 fully saturated rings. The normalized spacial score (nSPS) is 16.6. The lowest BCUT2D eigenvalue weighted by Crippen LogP contribution is -2.45. The standard InChI is InChI=1S/C19H25Cl2N5O3/c1-5-11(6-2)15(27)23-18(22-12-7-8-13(20)14(21)9-12)25-19-24-16(28)17(29)26(19)10(3)4/h7-11,18,22H,5-6H2,1-4H3,(H,23,27)(H,24,25,28). The van der Waals surface area contributed by atoms with E-state index in [2.05, 4.69) is 20.9 Å². The van der Waals surface area contributed by atoms with Crippen LogP contribution in [0.15, 0.2) is 23.2 Å². The minimum Gasteiger partial charge on any atom is -0.347 e. The van der Waals surface area contributed by atoms with E-state index in [0.29, 0.717) is 28.6 Å². The molecule has 1 unspecified atom stereocenters. The molecule has 0 aliphatic carbocycles. The second kappa shape index (κ2) is 9.93. The maximum absolute atomic E-state index is 12.6. The first-order chi connectivity index (χ1) is 13.7. The molecule has 1 heterocycles. The van der Waals surface area contributed by atoms with Gasteiger partial charge in [-0.2, -0.15) is 0 Å². The number of rotatable bonds is 8. The number of aliphatic imine (C=N–C) groups is 1. The fourth-order valence-corrected chi connectivity index (χ4v) is 3.17. The van der Waals surface area contributed by atoms with E-state index < -0.39 is 18.1 Å². The van der Waals surface area contributed by atoms with Crippen LogP contribution in [0.1, 0.15) is 40.5 Å². The van der Waals surface area contributed by atoms with Gasteiger partial charge in [-0.15, -0.1) is 0 Å². The van der Waals surface area contributed by atoms with Crippen molar-refractivity contribution in [1.82, 2.24) is 15.5 Å². The molecular weight excluding hydrogens is 417 g/mol. The Bertz CT molecular complexity index is 824. The van der Waals surface area contributed by atoms with Crippen molar-refractivity contribution in [1.29, 1.82) is 0 Å². The minimum atomic E-state index is -0.942. The summed E-state index contributed by atoms with van der Waals surface area (Å²) in [4.78, 5) is 42.2. The highest BCUT2D eigenvalue weighted by molar-refractivity contribution is 6.45. The molecule has 0 bridgehead atoms. The number of amides is 3. The van der Waals surface area contributed by atoms with Gasteiger partial charge in [0.2, 0.25) is 11.9 Å². The molecule has 1 aliphatic heterocycles. The minimum absolute atomic E-state index is 0.0670. The van der Waals surface area contributed by atoms with E-state index in [4.69, 9.17) is 23.2 Å². The summed E-state index contributed by atoms with van der Waals surface area (Å²) in [5, 5.41) is 9.04. The second-order valence-corrected chi connectivity index (χ2v) is 7.69. The topological polar surface area (TPSA) is 103 Å². The molecule has 3 amide bonds. The molecule has 0 aromatic heterocycles. The number of carbonyl (C=O) groups excluding carboxylic acids is 3. The van der Waals surface area contributed by atoms with E-state index in [9.17, 15) is 14.4 Å². The van der Waals surface area contributed by atoms with Crippen molar-refractivity contribution in [2.75, 3.05) is 5.32 Å². The van der Waals surface area contributed by atoms with Crippen LogP contribution >= 0.6 is 23.2 Å². The number of halogens is 2. The van der Waals surface area contributed by atoms with Gasteiger partial charge in [-0.05, 0) is 44.9 Å². The summed E-state index contributed by atoms with van der Waals surface area (Å²) in [6.45, 7) is 7.38. The number of carbonyl (C=O) groups is 3. The molecule has 1 saturated heterocycles. The maximum Gasteiger partial charge on any atom is 0.319 e. The van der Waals surface area contributed by atoms with E-state index >= 15 is 0 Å². The van der Waals surface area contributed by atoms with Gasteiger partial charge >= 0.3 is 11.8 Å². The maximum atomic E-state index is 12.6. The summed E-state index contributed by atoms with van der Waals surface area (Å²) in [7, 11) is 0. The molecule has 8 nitrogen and oxygen atoms in total. The molecule has 0 saturated carbocycles. The zero-order valence-electron chi connectivity index (χ0n) is 16.8. The lowest BCUT2D eigenvalue weighted by molar-refractivity contribution is -0.140. The molecule has 1 aliphatic rings. The molecule has 158 valence electrons. The van der Waals surface area contributed by atoms with Crippen molar-refractivity contribution >= 4 is 52.6 Å². The highest BCUT2D eigenvalue weighted by Crippen LogP contribution is 2.25. The average molecular weight is 442 g/mol. The van der Waals surface area contributed by atoms with Crippen LogP contribution in [0.3, 0.4) is 0 Å². The number of anilines is 1. The zero-order chi connectivity index (χ0) is 21.7. The SMILES string of the molecule is CCC(CC)C(=O)NC(N=C1NC(=O)C(=O)N1C(C)C)Nc1ccc(Cl)c(Cl)c1. The highest BCUT2D eigenvalue weighted by atomic mass is 35.5. The quantitative estimate of drug-likeness (QED) is 0.426. The van der Waals surface area contributed by atoms with Crippen molar-refractivity contribution in [3.8, 4) is 0 Å². The van der Waals surface area contributed by atoms with Crippen LogP contribution in [0.25, 0.3) is 0 Å². The Morgan fingerprint density at radius 2 is 1.83 bits per heavy atom. The summed E-state index contributed by atoms with van der Waals surface area (Å²) in [5.74, 6) is -1.77. The van der Waals surface area contributed by atoms with Crippen LogP contribution in [0.4, 0.5) is 5.69 Å². The summed E-state index contributed by atoms with van der Waals surface area (Å²) < 4.78 is 0. The molecule has 3 N–H and O–H groups in total. The third-order valence-electron chi connectivity index (χ3n) is 4.49. The van der Waals surface area contributed by atoms with Gasteiger partial charge in [-0.25, -0.2) is 4.99 Å². The molecule has 0 radical (unpaired) electrons. The smallest absolute Gasteiger partial charge is 0.319 e. The van der Waals surface area contributed by atoms with Crippen LogP contribution in [0, 0.1) is 5.92 Å². The van der Waals surface area contributed by atoms with Gasteiger partial charge in [-0.3, -0.25) is 24.6 Å². The van der Waals surface area contributed by atoms with Crippen molar-refractivity contribution in [2.24, 2.45) is 10.9 Å². The third-order valence-corrected chi connectivity index (χ3v) is 5.23. The van der Waals surface area contributed by atoms with Gasteiger partial charge in [-0.1, -0.05) is 37.0 Å². The molecule has 1 aromatic carbocycles. The Balaban J connectivity index is 2.35. The average Bonchev–Trinajstić information content (AvgIpc) is 2.92. The fourth-order valence-electron chi connectivity index (χ4n) is 2.87. The number of benzene rings is 1. The van der Waals surface area contributed by atoms with Gasteiger partial charge in [0, 0.05) is 17.6 Å². The molecule has 29 heavy (non-hydrogen) atoms. The molecule has 0 spiro atoms. The van der Waals surface area contributed by atoms with Gasteiger partial charge in [0.1, 0.15) is 0 Å². The summed E-state index contributed by atoms with van der Waals surface area (Å²) in [5.41, 5.74) is 0.561. The fraction of sp³-hybridized carbons (Fsp3) is 0.474. The number of guanidine groups is 1. The van der Waals surface area contributed by atoms with Crippen LogP contribution in [0.5, 0.6) is 0 Å². The lowest BCUT2D eigenvalue weighted by atomic mass is 10.0. The van der Waals surface area contributed by atoms with Crippen molar-refractivity contribution in [3.63, 3.8) is 0 Å². The molecule has 10 heteroatoms. The van der Waals surface area contributed by atoms with Crippen molar-refractivity contribution in [3.05, 3.63) is 28.2 Å². The Labute approximate surface area is 180 Å². The van der Waals surface area contributed by atoms with Crippen LogP contribution in [-0.2, 0) is 14.4 Å². The summed E-state index contributed by atoms with van der Waals surface area (Å²) in [6.07, 6.45) is 0.403. The summed E-state index contributed by atoms with van der Waals surface area (Å²) in [6, 6.07) is 4.60. The van der Waals surface area contributed by atoms with Crippen molar-refractivity contribution in [2.45, 2.75) is 52.9 Å². The van der Waals surface area contributed by atoms with E-state index in [-0.39, 0.29) is 23.8 Å². The predicted molar refractivity (Wildman–Crippen MR) is 114 cm³/mol. The van der Waals surface area contributed by atoms with Gasteiger partial charge in [0.25, 0.3) is 0 Å². The van der Waals surface area contributed by atoms with Crippen molar-refractivity contribution < 1.29 is 14.4 Å². The first kappa shape index (κ1) is 23.0. The van der Waals surface area contributed by atoms with E-state index in [1.807, 2.05) is 13.8 Å². The first-order valence-corrected chi connectivity index (χ1v) is 10.2. The molecule has 1 aromatic rings. The highest BCUT2D eigenvalue weighted by Gasteiger charge is 2.37. The van der Waals surface area contributed by atoms with Crippen LogP contribution in [-0.4, -0.2) is 40.9 Å². The Hall–Kier alpha value is -2.32. The zero-order valence-corrected chi connectivity index (χ0v) is 18.3. The van der Waals surface area contributed by atoms with Crippen LogP contribution in [0.2, 0.25) is 10.0 Å². The largest absolute Gasteiger partial charge is 0.347 e. The first-order valence-electron chi connectivity index (χ1n) is 9.42. The van der Waals surface area contributed by atoms with Gasteiger partial charge in [0.05, 0.1) is 10.0 Å². The number of hydrogen-bond donors (Lipinski definition) is 3. The molecule has 1 atom stereocenters. The molecular formula is C19H25Cl2N5O3. The Morgan fingerprint density at radius 1 is 1.17 bits per heavy atom. The van der Waals surface area contributed by atoms with Gasteiger partial charge in [0.15, 0.2) is 6.29 Å². The number of nitrogens with one attached hydrogen (secondary N) is 3. The number of nitrogens with zero attached hydrogens (tertiary/aromatic N) is 2. The third kappa shape index (κ3) is 5.61. The lowest BCUT2D eigenvalue weighted by Gasteiger charge is -2.24. The predicted octanol–water partition coefficient (Wildman–Crippen LogP) is 2.96. The van der Waals surface area contributed by atoms with E-state index in [0.717, 1.165) is 0 Å². The van der Waals surface area contributed by atoms with E-state index in [1.54, 1.807) is 32.0 Å². The summed E-state index contributed by atoms with van der Waals surface area (Å²) >= 11 is 12.0. The van der Waals surface area contributed by atoms with E-state index in [1.165, 1.54) is 4.90 Å². The van der Waals surface area contributed by atoms with Crippen LogP contribution < -0.4 is 16.0 Å². The molecule has 2 rings (SSSR count). The Morgan fingerprint density at radius 3 is 2.38 bits per heavy atom. The number of hydrogen-bond acceptors (Lipinski definition) is 5.